The highest BCUT2D eigenvalue weighted by Gasteiger charge is 2.19. The summed E-state index contributed by atoms with van der Waals surface area (Å²) in [6.07, 6.45) is 7.51. The van der Waals surface area contributed by atoms with Gasteiger partial charge in [-0.15, -0.1) is 0 Å². The first kappa shape index (κ1) is 12.7. The van der Waals surface area contributed by atoms with Gasteiger partial charge in [0, 0.05) is 38.1 Å². The molecule has 2 aromatic heterocycles. The van der Waals surface area contributed by atoms with Crippen LogP contribution in [0.15, 0.2) is 36.8 Å². The van der Waals surface area contributed by atoms with Crippen LogP contribution < -0.4 is 10.6 Å². The maximum atomic E-state index is 11.8. The van der Waals surface area contributed by atoms with E-state index in [2.05, 4.69) is 25.2 Å². The van der Waals surface area contributed by atoms with Gasteiger partial charge in [0.2, 0.25) is 0 Å². The van der Waals surface area contributed by atoms with E-state index >= 15 is 0 Å². The number of hydrogen-bond donors (Lipinski definition) is 2. The number of nitrogens with zero attached hydrogens (tertiary/aromatic N) is 3. The van der Waals surface area contributed by atoms with Gasteiger partial charge in [0.1, 0.15) is 11.6 Å². The third-order valence-electron chi connectivity index (χ3n) is 3.49. The number of nitrogens with one attached hydrogen (secondary N) is 2. The van der Waals surface area contributed by atoms with Crippen molar-refractivity contribution >= 4 is 11.8 Å². The summed E-state index contributed by atoms with van der Waals surface area (Å²) < 4.78 is 2.16. The number of pyridine rings is 1. The monoisotopic (exact) mass is 271 g/mol. The van der Waals surface area contributed by atoms with Gasteiger partial charge in [-0.2, -0.15) is 0 Å². The van der Waals surface area contributed by atoms with Crippen LogP contribution in [-0.4, -0.2) is 27.1 Å². The zero-order chi connectivity index (χ0) is 13.8. The second kappa shape index (κ2) is 5.73. The lowest BCUT2D eigenvalue weighted by Gasteiger charge is -2.23. The van der Waals surface area contributed by atoms with Crippen molar-refractivity contribution in [2.24, 2.45) is 5.92 Å². The molecule has 0 aromatic carbocycles. The molecule has 2 amide bonds. The highest BCUT2D eigenvalue weighted by Crippen LogP contribution is 2.17. The molecule has 0 aliphatic carbocycles. The maximum absolute atomic E-state index is 11.8. The molecular formula is C14H17N5O. The van der Waals surface area contributed by atoms with Crippen LogP contribution in [0.4, 0.5) is 10.6 Å². The number of imidazole rings is 1. The van der Waals surface area contributed by atoms with E-state index in [0.29, 0.717) is 18.3 Å². The van der Waals surface area contributed by atoms with Crippen molar-refractivity contribution in [3.63, 3.8) is 0 Å². The summed E-state index contributed by atoms with van der Waals surface area (Å²) in [7, 11) is 0. The first-order valence-electron chi connectivity index (χ1n) is 6.77. The van der Waals surface area contributed by atoms with E-state index in [1.165, 1.54) is 0 Å². The minimum atomic E-state index is -0.208. The van der Waals surface area contributed by atoms with E-state index in [1.807, 2.05) is 24.5 Å². The minimum absolute atomic E-state index is 0.208. The topological polar surface area (TPSA) is 71.8 Å². The van der Waals surface area contributed by atoms with Crippen LogP contribution in [0.3, 0.4) is 0 Å². The summed E-state index contributed by atoms with van der Waals surface area (Å²) in [4.78, 5) is 20.1. The number of anilines is 1. The molecule has 0 radical (unpaired) electrons. The zero-order valence-corrected chi connectivity index (χ0v) is 11.1. The largest absolute Gasteiger partial charge is 0.337 e. The predicted octanol–water partition coefficient (Wildman–Crippen LogP) is 1.66. The van der Waals surface area contributed by atoms with Gasteiger partial charge >= 0.3 is 6.03 Å². The zero-order valence-electron chi connectivity index (χ0n) is 11.1. The first-order chi connectivity index (χ1) is 9.81. The van der Waals surface area contributed by atoms with Crippen molar-refractivity contribution in [3.05, 3.63) is 42.6 Å². The molecule has 0 saturated heterocycles. The molecule has 0 unspecified atom stereocenters. The molecule has 0 saturated carbocycles. The average molecular weight is 271 g/mol. The van der Waals surface area contributed by atoms with E-state index in [4.69, 9.17) is 0 Å². The molecule has 0 spiro atoms. The molecule has 104 valence electrons. The van der Waals surface area contributed by atoms with Crippen LogP contribution in [0.2, 0.25) is 0 Å². The van der Waals surface area contributed by atoms with E-state index in [9.17, 15) is 4.79 Å². The number of aromatic nitrogens is 3. The SMILES string of the molecule is O=C(NC[C@H]1CCc2nccn2C1)Nc1ccccn1. The first-order valence-corrected chi connectivity index (χ1v) is 6.77. The Morgan fingerprint density at radius 3 is 3.15 bits per heavy atom. The lowest BCUT2D eigenvalue weighted by molar-refractivity contribution is 0.247. The molecular weight excluding hydrogens is 254 g/mol. The molecule has 1 atom stereocenters. The molecule has 2 aromatic rings. The molecule has 2 N–H and O–H groups in total. The Morgan fingerprint density at radius 1 is 1.35 bits per heavy atom. The van der Waals surface area contributed by atoms with Crippen LogP contribution in [0.25, 0.3) is 0 Å². The van der Waals surface area contributed by atoms with Gasteiger partial charge in [-0.05, 0) is 24.5 Å². The summed E-state index contributed by atoms with van der Waals surface area (Å²) in [6, 6.07) is 5.20. The summed E-state index contributed by atoms with van der Waals surface area (Å²) in [6.45, 7) is 1.58. The van der Waals surface area contributed by atoms with Crippen LogP contribution in [0, 0.1) is 5.92 Å². The van der Waals surface area contributed by atoms with Gasteiger partial charge in [0.05, 0.1) is 0 Å². The van der Waals surface area contributed by atoms with E-state index in [-0.39, 0.29) is 6.03 Å². The minimum Gasteiger partial charge on any atom is -0.337 e. The van der Waals surface area contributed by atoms with Gasteiger partial charge in [0.25, 0.3) is 0 Å². The fraction of sp³-hybridized carbons (Fsp3) is 0.357. The van der Waals surface area contributed by atoms with Gasteiger partial charge < -0.3 is 9.88 Å². The number of rotatable bonds is 3. The number of urea groups is 1. The summed E-state index contributed by atoms with van der Waals surface area (Å²) in [5.74, 6) is 2.15. The van der Waals surface area contributed by atoms with E-state index in [1.54, 1.807) is 12.3 Å². The normalized spacial score (nSPS) is 17.3. The molecule has 3 heterocycles. The van der Waals surface area contributed by atoms with E-state index < -0.39 is 0 Å². The quantitative estimate of drug-likeness (QED) is 0.891. The van der Waals surface area contributed by atoms with Gasteiger partial charge in [0.15, 0.2) is 0 Å². The Bertz CT molecular complexity index is 580. The molecule has 6 nitrogen and oxygen atoms in total. The average Bonchev–Trinajstić information content (AvgIpc) is 2.93. The summed E-state index contributed by atoms with van der Waals surface area (Å²) >= 11 is 0. The van der Waals surface area contributed by atoms with Crippen molar-refractivity contribution in [1.29, 1.82) is 0 Å². The Kier molecular flexibility index (Phi) is 3.62. The maximum Gasteiger partial charge on any atom is 0.320 e. The van der Waals surface area contributed by atoms with Crippen molar-refractivity contribution in [2.45, 2.75) is 19.4 Å². The van der Waals surface area contributed by atoms with Gasteiger partial charge in [-0.3, -0.25) is 5.32 Å². The molecule has 20 heavy (non-hydrogen) atoms. The molecule has 1 aliphatic rings. The lowest BCUT2D eigenvalue weighted by Crippen LogP contribution is -2.36. The number of carbonyl (C=O) groups is 1. The molecule has 0 bridgehead atoms. The van der Waals surface area contributed by atoms with Crippen molar-refractivity contribution in [1.82, 2.24) is 19.9 Å². The number of hydrogen-bond acceptors (Lipinski definition) is 3. The van der Waals surface area contributed by atoms with Crippen LogP contribution >= 0.6 is 0 Å². The van der Waals surface area contributed by atoms with Crippen molar-refractivity contribution in [3.8, 4) is 0 Å². The molecule has 3 rings (SSSR count). The second-order valence-corrected chi connectivity index (χ2v) is 4.95. The third-order valence-corrected chi connectivity index (χ3v) is 3.49. The van der Waals surface area contributed by atoms with Crippen molar-refractivity contribution in [2.75, 3.05) is 11.9 Å². The predicted molar refractivity (Wildman–Crippen MR) is 75.3 cm³/mol. The molecule has 1 aliphatic heterocycles. The van der Waals surface area contributed by atoms with Crippen molar-refractivity contribution < 1.29 is 4.79 Å². The van der Waals surface area contributed by atoms with Crippen LogP contribution in [0.1, 0.15) is 12.2 Å². The summed E-state index contributed by atoms with van der Waals surface area (Å²) in [5, 5.41) is 5.62. The molecule has 0 fully saturated rings. The highest BCUT2D eigenvalue weighted by molar-refractivity contribution is 5.88. The van der Waals surface area contributed by atoms with Gasteiger partial charge in [-0.25, -0.2) is 14.8 Å². The highest BCUT2D eigenvalue weighted by atomic mass is 16.2. The Labute approximate surface area is 117 Å². The standard InChI is InChI=1S/C14H17N5O/c20-14(18-12-3-1-2-6-15-12)17-9-11-4-5-13-16-7-8-19(13)10-11/h1-3,6-8,11H,4-5,9-10H2,(H2,15,17,18,20)/t11-/m1/s1. The Balaban J connectivity index is 1.47. The number of carbonyl (C=O) groups excluding carboxylic acids is 1. The fourth-order valence-electron chi connectivity index (χ4n) is 2.44. The smallest absolute Gasteiger partial charge is 0.320 e. The third kappa shape index (κ3) is 2.96. The summed E-state index contributed by atoms with van der Waals surface area (Å²) in [5.41, 5.74) is 0. The molecule has 6 heteroatoms. The van der Waals surface area contributed by atoms with Crippen LogP contribution in [0.5, 0.6) is 0 Å². The van der Waals surface area contributed by atoms with Crippen LogP contribution in [-0.2, 0) is 13.0 Å². The number of aryl methyl sites for hydroxylation is 1. The lowest BCUT2D eigenvalue weighted by atomic mass is 9.99. The fourth-order valence-corrected chi connectivity index (χ4v) is 2.44. The Morgan fingerprint density at radius 2 is 2.30 bits per heavy atom. The second-order valence-electron chi connectivity index (χ2n) is 4.95. The van der Waals surface area contributed by atoms with Gasteiger partial charge in [-0.1, -0.05) is 6.07 Å². The van der Waals surface area contributed by atoms with E-state index in [0.717, 1.165) is 25.2 Å². The number of amides is 2. The number of fused-ring (bicyclic) bond motifs is 1. The Hall–Kier alpha value is -2.37.